The lowest BCUT2D eigenvalue weighted by molar-refractivity contribution is -0.115. The Balaban J connectivity index is 1.94. The molecule has 100 valence electrons. The molecule has 19 heavy (non-hydrogen) atoms. The smallest absolute Gasteiger partial charge is 0.237 e. The van der Waals surface area contributed by atoms with Gasteiger partial charge in [0, 0.05) is 10.2 Å². The number of carbonyl (C=O) groups excluding carboxylic acids is 1. The number of hydrogen-bond acceptors (Lipinski definition) is 5. The molecule has 1 aromatic carbocycles. The zero-order valence-electron chi connectivity index (χ0n) is 10.4. The van der Waals surface area contributed by atoms with Gasteiger partial charge < -0.3 is 5.32 Å². The van der Waals surface area contributed by atoms with Crippen LogP contribution in [-0.2, 0) is 4.79 Å². The average molecular weight is 358 g/mol. The Bertz CT molecular complexity index is 571. The molecule has 1 aromatic heterocycles. The quantitative estimate of drug-likeness (QED) is 0.847. The minimum absolute atomic E-state index is 0.0415. The van der Waals surface area contributed by atoms with E-state index in [0.717, 1.165) is 19.5 Å². The maximum absolute atomic E-state index is 12.0. The van der Waals surface area contributed by atoms with E-state index in [2.05, 4.69) is 31.4 Å². The number of nitrogens with zero attached hydrogens (tertiary/aromatic N) is 2. The van der Waals surface area contributed by atoms with Crippen LogP contribution in [0.15, 0.2) is 33.1 Å². The normalized spacial score (nSPS) is 12.2. The molecule has 0 aliphatic carbocycles. The first-order chi connectivity index (χ1) is 9.04. The summed E-state index contributed by atoms with van der Waals surface area (Å²) in [5.41, 5.74) is 0.786. The van der Waals surface area contributed by atoms with Crippen molar-refractivity contribution in [1.82, 2.24) is 10.2 Å². The van der Waals surface area contributed by atoms with Crippen molar-refractivity contribution in [2.24, 2.45) is 0 Å². The summed E-state index contributed by atoms with van der Waals surface area (Å²) in [6.07, 6.45) is 0. The number of hydrogen-bond donors (Lipinski definition) is 1. The molecule has 0 saturated heterocycles. The molecule has 1 N–H and O–H groups in total. The van der Waals surface area contributed by atoms with Crippen molar-refractivity contribution in [2.45, 2.75) is 23.4 Å². The predicted octanol–water partition coefficient (Wildman–Crippen LogP) is 3.73. The summed E-state index contributed by atoms with van der Waals surface area (Å²) >= 11 is 6.27. The minimum atomic E-state index is -0.212. The average Bonchev–Trinajstić information content (AvgIpc) is 2.77. The first kappa shape index (κ1) is 14.5. The number of benzene rings is 1. The second-order valence-electron chi connectivity index (χ2n) is 3.84. The summed E-state index contributed by atoms with van der Waals surface area (Å²) in [5.74, 6) is -0.0415. The second-order valence-corrected chi connectivity index (χ2v) is 7.53. The third-order valence-electron chi connectivity index (χ3n) is 2.27. The molecule has 1 heterocycles. The van der Waals surface area contributed by atoms with Gasteiger partial charge in [0.05, 0.1) is 5.25 Å². The van der Waals surface area contributed by atoms with Gasteiger partial charge in [0.1, 0.15) is 5.01 Å². The molecule has 0 spiro atoms. The lowest BCUT2D eigenvalue weighted by atomic mass is 10.3. The van der Waals surface area contributed by atoms with E-state index >= 15 is 0 Å². The van der Waals surface area contributed by atoms with E-state index in [-0.39, 0.29) is 11.2 Å². The number of aromatic nitrogens is 2. The Morgan fingerprint density at radius 2 is 2.05 bits per heavy atom. The Labute approximate surface area is 128 Å². The highest BCUT2D eigenvalue weighted by atomic mass is 79.9. The summed E-state index contributed by atoms with van der Waals surface area (Å²) in [7, 11) is 0. The van der Waals surface area contributed by atoms with Crippen molar-refractivity contribution in [1.29, 1.82) is 0 Å². The van der Waals surface area contributed by atoms with Gasteiger partial charge in [-0.1, -0.05) is 39.0 Å². The highest BCUT2D eigenvalue weighted by Gasteiger charge is 2.16. The van der Waals surface area contributed by atoms with Crippen molar-refractivity contribution in [3.05, 3.63) is 33.7 Å². The van der Waals surface area contributed by atoms with Gasteiger partial charge in [-0.05, 0) is 38.1 Å². The molecule has 4 nitrogen and oxygen atoms in total. The maximum atomic E-state index is 12.0. The number of thioether (sulfide) groups is 1. The van der Waals surface area contributed by atoms with Crippen LogP contribution in [-0.4, -0.2) is 21.4 Å². The molecule has 0 unspecified atom stereocenters. The van der Waals surface area contributed by atoms with E-state index in [1.807, 2.05) is 38.1 Å². The number of aryl methyl sites for hydroxylation is 1. The van der Waals surface area contributed by atoms with E-state index in [9.17, 15) is 4.79 Å². The molecule has 0 bridgehead atoms. The van der Waals surface area contributed by atoms with Gasteiger partial charge in [0.15, 0.2) is 4.34 Å². The third kappa shape index (κ3) is 4.29. The van der Waals surface area contributed by atoms with Gasteiger partial charge in [-0.25, -0.2) is 0 Å². The standard InChI is InChI=1S/C12H12BrN3OS2/c1-7(18-12-16-15-8(2)19-12)11(17)14-10-5-3-9(13)4-6-10/h3-7H,1-2H3,(H,14,17)/t7-/m0/s1. The molecule has 7 heteroatoms. The molecule has 0 aliphatic rings. The van der Waals surface area contributed by atoms with Crippen molar-refractivity contribution < 1.29 is 4.79 Å². The molecule has 0 aliphatic heterocycles. The summed E-state index contributed by atoms with van der Waals surface area (Å²) in [5, 5.41) is 11.5. The second kappa shape index (κ2) is 6.49. The lowest BCUT2D eigenvalue weighted by Gasteiger charge is -2.10. The van der Waals surface area contributed by atoms with Crippen LogP contribution < -0.4 is 5.32 Å². The Kier molecular flexibility index (Phi) is 4.95. The van der Waals surface area contributed by atoms with E-state index in [0.29, 0.717) is 0 Å². The van der Waals surface area contributed by atoms with Gasteiger partial charge in [-0.3, -0.25) is 4.79 Å². The van der Waals surface area contributed by atoms with E-state index in [1.54, 1.807) is 0 Å². The molecule has 2 aromatic rings. The summed E-state index contributed by atoms with van der Waals surface area (Å²) in [6.45, 7) is 3.75. The first-order valence-corrected chi connectivity index (χ1v) is 8.06. The van der Waals surface area contributed by atoms with Crippen molar-refractivity contribution in [3.63, 3.8) is 0 Å². The summed E-state index contributed by atoms with van der Waals surface area (Å²) < 4.78 is 1.80. The van der Waals surface area contributed by atoms with Crippen molar-refractivity contribution >= 4 is 50.6 Å². The van der Waals surface area contributed by atoms with Crippen LogP contribution in [0.3, 0.4) is 0 Å². The summed E-state index contributed by atoms with van der Waals surface area (Å²) in [4.78, 5) is 12.0. The topological polar surface area (TPSA) is 54.9 Å². The maximum Gasteiger partial charge on any atom is 0.237 e. The Morgan fingerprint density at radius 3 is 2.63 bits per heavy atom. The molecule has 0 saturated carbocycles. The highest BCUT2D eigenvalue weighted by molar-refractivity contribution is 9.10. The fourth-order valence-corrected chi connectivity index (χ4v) is 3.53. The fourth-order valence-electron chi connectivity index (χ4n) is 1.31. The largest absolute Gasteiger partial charge is 0.325 e. The van der Waals surface area contributed by atoms with Crippen LogP contribution in [0.5, 0.6) is 0 Å². The number of nitrogens with one attached hydrogen (secondary N) is 1. The van der Waals surface area contributed by atoms with E-state index < -0.39 is 0 Å². The van der Waals surface area contributed by atoms with Crippen LogP contribution in [0.25, 0.3) is 0 Å². The number of anilines is 1. The Hall–Kier alpha value is -0.920. The number of carbonyl (C=O) groups is 1. The zero-order valence-corrected chi connectivity index (χ0v) is 13.6. The van der Waals surface area contributed by atoms with Crippen LogP contribution in [0.2, 0.25) is 0 Å². The monoisotopic (exact) mass is 357 g/mol. The van der Waals surface area contributed by atoms with Gasteiger partial charge in [0.2, 0.25) is 5.91 Å². The molecule has 2 rings (SSSR count). The van der Waals surface area contributed by atoms with E-state index in [4.69, 9.17) is 0 Å². The fraction of sp³-hybridized carbons (Fsp3) is 0.250. The molecular formula is C12H12BrN3OS2. The lowest BCUT2D eigenvalue weighted by Crippen LogP contribution is -2.22. The first-order valence-electron chi connectivity index (χ1n) is 5.58. The summed E-state index contributed by atoms with van der Waals surface area (Å²) in [6, 6.07) is 7.49. The minimum Gasteiger partial charge on any atom is -0.325 e. The van der Waals surface area contributed by atoms with Gasteiger partial charge >= 0.3 is 0 Å². The van der Waals surface area contributed by atoms with Crippen LogP contribution >= 0.6 is 39.0 Å². The zero-order chi connectivity index (χ0) is 13.8. The van der Waals surface area contributed by atoms with Crippen LogP contribution in [0.1, 0.15) is 11.9 Å². The molecule has 1 atom stereocenters. The van der Waals surface area contributed by atoms with Crippen LogP contribution in [0.4, 0.5) is 5.69 Å². The SMILES string of the molecule is Cc1nnc(S[C@@H](C)C(=O)Nc2ccc(Br)cc2)s1. The molecule has 0 fully saturated rings. The molecule has 0 radical (unpaired) electrons. The molecule has 1 amide bonds. The number of amides is 1. The number of halogens is 1. The highest BCUT2D eigenvalue weighted by Crippen LogP contribution is 2.27. The van der Waals surface area contributed by atoms with Gasteiger partial charge in [-0.15, -0.1) is 10.2 Å². The van der Waals surface area contributed by atoms with Gasteiger partial charge in [0.25, 0.3) is 0 Å². The van der Waals surface area contributed by atoms with Crippen molar-refractivity contribution in [3.8, 4) is 0 Å². The Morgan fingerprint density at radius 1 is 1.37 bits per heavy atom. The molecular weight excluding hydrogens is 346 g/mol. The predicted molar refractivity (Wildman–Crippen MR) is 82.7 cm³/mol. The number of rotatable bonds is 4. The van der Waals surface area contributed by atoms with Crippen molar-refractivity contribution in [2.75, 3.05) is 5.32 Å². The van der Waals surface area contributed by atoms with E-state index in [1.165, 1.54) is 23.1 Å². The van der Waals surface area contributed by atoms with Gasteiger partial charge in [-0.2, -0.15) is 0 Å². The van der Waals surface area contributed by atoms with Crippen LogP contribution in [0, 0.1) is 6.92 Å². The third-order valence-corrected chi connectivity index (χ3v) is 4.82.